The van der Waals surface area contributed by atoms with Crippen molar-refractivity contribution < 1.29 is 4.39 Å². The zero-order valence-corrected chi connectivity index (χ0v) is 17.7. The first-order valence-electron chi connectivity index (χ1n) is 10.6. The molecule has 1 fully saturated rings. The molecule has 1 heterocycles. The Balaban J connectivity index is 1.64. The Hall–Kier alpha value is -3.87. The number of hydrogen-bond acceptors (Lipinski definition) is 5. The van der Waals surface area contributed by atoms with E-state index in [0.717, 1.165) is 29.8 Å². The first kappa shape index (κ1) is 20.1. The summed E-state index contributed by atoms with van der Waals surface area (Å²) < 4.78 is 15.1. The minimum Gasteiger partial charge on any atom is -0.399 e. The largest absolute Gasteiger partial charge is 0.399 e. The Morgan fingerprint density at radius 1 is 1.03 bits per heavy atom. The van der Waals surface area contributed by atoms with Crippen LogP contribution in [0.3, 0.4) is 0 Å². The lowest BCUT2D eigenvalue weighted by atomic mass is 10.0. The minimum atomic E-state index is -0.311. The van der Waals surface area contributed by atoms with Crippen molar-refractivity contribution in [3.05, 3.63) is 88.5 Å². The number of anilines is 4. The highest BCUT2D eigenvalue weighted by atomic mass is 19.1. The van der Waals surface area contributed by atoms with E-state index in [4.69, 9.17) is 11.5 Å². The lowest BCUT2D eigenvalue weighted by molar-refractivity contribution is 0.508. The highest BCUT2D eigenvalue weighted by molar-refractivity contribution is 5.84. The topological polar surface area (TPSA) is 90.2 Å². The number of rotatable bonds is 5. The van der Waals surface area contributed by atoms with Gasteiger partial charge in [-0.1, -0.05) is 18.2 Å². The van der Waals surface area contributed by atoms with Crippen molar-refractivity contribution in [2.75, 3.05) is 23.4 Å². The van der Waals surface area contributed by atoms with Gasteiger partial charge >= 0.3 is 0 Å². The molecule has 0 aliphatic heterocycles. The summed E-state index contributed by atoms with van der Waals surface area (Å²) in [5.74, 6) is 0.132. The van der Waals surface area contributed by atoms with Gasteiger partial charge in [0, 0.05) is 24.1 Å². The lowest BCUT2D eigenvalue weighted by Gasteiger charge is -2.23. The van der Waals surface area contributed by atoms with E-state index in [1.165, 1.54) is 12.1 Å². The molecule has 7 heteroatoms. The number of nitrogens with zero attached hydrogens (tertiary/aromatic N) is 3. The van der Waals surface area contributed by atoms with Crippen molar-refractivity contribution in [2.45, 2.75) is 18.9 Å². The molecule has 0 bridgehead atoms. The third kappa shape index (κ3) is 3.56. The fourth-order valence-electron chi connectivity index (χ4n) is 4.27. The molecular weight excluding hydrogens is 405 g/mol. The third-order valence-corrected chi connectivity index (χ3v) is 6.11. The van der Waals surface area contributed by atoms with Gasteiger partial charge in [-0.25, -0.2) is 9.37 Å². The number of hydrogen-bond donors (Lipinski definition) is 2. The third-order valence-electron chi connectivity index (χ3n) is 6.11. The molecule has 1 atom stereocenters. The van der Waals surface area contributed by atoms with Gasteiger partial charge in [0.15, 0.2) is 0 Å². The Bertz CT molecular complexity index is 1360. The quantitative estimate of drug-likeness (QED) is 0.457. The second-order valence-electron chi connectivity index (χ2n) is 8.33. The molecule has 5 rings (SSSR count). The van der Waals surface area contributed by atoms with Crippen LogP contribution in [0.15, 0.2) is 71.5 Å². The van der Waals surface area contributed by atoms with Gasteiger partial charge in [-0.2, -0.15) is 0 Å². The van der Waals surface area contributed by atoms with Crippen LogP contribution in [0, 0.1) is 11.7 Å². The fraction of sp³-hybridized carbons (Fsp3) is 0.200. The van der Waals surface area contributed by atoms with E-state index in [1.807, 2.05) is 48.3 Å². The summed E-state index contributed by atoms with van der Waals surface area (Å²) in [6, 6.07) is 19.1. The Kier molecular flexibility index (Phi) is 4.81. The molecular formula is C25H24FN5O. The fourth-order valence-corrected chi connectivity index (χ4v) is 4.27. The van der Waals surface area contributed by atoms with Crippen LogP contribution >= 0.6 is 0 Å². The van der Waals surface area contributed by atoms with Crippen LogP contribution in [0.2, 0.25) is 0 Å². The molecule has 0 spiro atoms. The van der Waals surface area contributed by atoms with Gasteiger partial charge in [0.05, 0.1) is 16.9 Å². The van der Waals surface area contributed by atoms with Crippen molar-refractivity contribution in [1.82, 2.24) is 9.55 Å². The second-order valence-corrected chi connectivity index (χ2v) is 8.33. The van der Waals surface area contributed by atoms with E-state index in [2.05, 4.69) is 4.98 Å². The summed E-state index contributed by atoms with van der Waals surface area (Å²) in [5, 5.41) is 0.486. The van der Waals surface area contributed by atoms with Gasteiger partial charge in [0.25, 0.3) is 5.56 Å². The van der Waals surface area contributed by atoms with Gasteiger partial charge in [0.1, 0.15) is 5.82 Å². The predicted molar refractivity (Wildman–Crippen MR) is 127 cm³/mol. The number of benzene rings is 3. The summed E-state index contributed by atoms with van der Waals surface area (Å²) in [7, 11) is 1.92. The molecule has 1 unspecified atom stereocenters. The maximum Gasteiger partial charge on any atom is 0.263 e. The first-order chi connectivity index (χ1) is 15.4. The number of nitrogen functional groups attached to an aromatic ring is 2. The summed E-state index contributed by atoms with van der Waals surface area (Å²) >= 11 is 0. The molecule has 162 valence electrons. The van der Waals surface area contributed by atoms with Crippen LogP contribution in [0.1, 0.15) is 24.4 Å². The van der Waals surface area contributed by atoms with Crippen LogP contribution in [0.25, 0.3) is 10.9 Å². The standard InChI is InChI=1S/C25H24FN5O/c1-30(19-4-2-3-18(27)13-19)20-11-12-22-21(14-20)24(32)31(25(28)29-22)23(15-5-6-15)16-7-9-17(26)10-8-16/h2-4,7-15,23H,5-6,27H2,1H3,(H2,28,29). The van der Waals surface area contributed by atoms with Gasteiger partial charge < -0.3 is 16.4 Å². The van der Waals surface area contributed by atoms with Gasteiger partial charge in [-0.15, -0.1) is 0 Å². The van der Waals surface area contributed by atoms with Crippen LogP contribution in [-0.2, 0) is 0 Å². The Morgan fingerprint density at radius 2 is 1.75 bits per heavy atom. The summed E-state index contributed by atoms with van der Waals surface area (Å²) in [6.45, 7) is 0. The summed E-state index contributed by atoms with van der Waals surface area (Å²) in [6.07, 6.45) is 1.98. The molecule has 32 heavy (non-hydrogen) atoms. The van der Waals surface area contributed by atoms with E-state index >= 15 is 0 Å². The number of fused-ring (bicyclic) bond motifs is 1. The number of nitrogens with two attached hydrogens (primary N) is 2. The number of halogens is 1. The molecule has 4 aromatic rings. The maximum atomic E-state index is 13.7. The second kappa shape index (κ2) is 7.67. The first-order valence-corrected chi connectivity index (χ1v) is 10.6. The van der Waals surface area contributed by atoms with Crippen molar-refractivity contribution in [3.8, 4) is 0 Å². The maximum absolute atomic E-state index is 13.7. The highest BCUT2D eigenvalue weighted by Gasteiger charge is 2.35. The van der Waals surface area contributed by atoms with Crippen LogP contribution in [-0.4, -0.2) is 16.6 Å². The summed E-state index contributed by atoms with van der Waals surface area (Å²) in [4.78, 5) is 20.2. The SMILES string of the molecule is CN(c1cccc(N)c1)c1ccc2nc(N)n(C(c3ccc(F)cc3)C3CC3)c(=O)c2c1. The Labute approximate surface area is 184 Å². The van der Waals surface area contributed by atoms with Crippen molar-refractivity contribution in [1.29, 1.82) is 0 Å². The van der Waals surface area contributed by atoms with Crippen LogP contribution in [0.4, 0.5) is 27.4 Å². The lowest BCUT2D eigenvalue weighted by Crippen LogP contribution is -2.30. The molecule has 6 nitrogen and oxygen atoms in total. The van der Waals surface area contributed by atoms with Crippen LogP contribution in [0.5, 0.6) is 0 Å². The molecule has 0 saturated heterocycles. The van der Waals surface area contributed by atoms with E-state index in [-0.39, 0.29) is 29.3 Å². The molecule has 1 aliphatic rings. The Morgan fingerprint density at radius 3 is 2.44 bits per heavy atom. The van der Waals surface area contributed by atoms with E-state index in [9.17, 15) is 9.18 Å². The highest BCUT2D eigenvalue weighted by Crippen LogP contribution is 2.43. The molecule has 0 amide bonds. The van der Waals surface area contributed by atoms with Crippen LogP contribution < -0.4 is 21.9 Å². The zero-order chi connectivity index (χ0) is 22.4. The molecule has 1 aliphatic carbocycles. The molecule has 3 aromatic carbocycles. The molecule has 0 radical (unpaired) electrons. The van der Waals surface area contributed by atoms with E-state index < -0.39 is 0 Å². The number of aromatic nitrogens is 2. The van der Waals surface area contributed by atoms with Gasteiger partial charge in [-0.3, -0.25) is 9.36 Å². The van der Waals surface area contributed by atoms with Gasteiger partial charge in [0.2, 0.25) is 5.95 Å². The summed E-state index contributed by atoms with van der Waals surface area (Å²) in [5.41, 5.74) is 15.8. The van der Waals surface area contributed by atoms with Gasteiger partial charge in [-0.05, 0) is 72.9 Å². The van der Waals surface area contributed by atoms with Crippen molar-refractivity contribution in [3.63, 3.8) is 0 Å². The molecule has 1 aromatic heterocycles. The predicted octanol–water partition coefficient (Wildman–Crippen LogP) is 4.47. The van der Waals surface area contributed by atoms with Crippen molar-refractivity contribution in [2.24, 2.45) is 5.92 Å². The average molecular weight is 429 g/mol. The average Bonchev–Trinajstić information content (AvgIpc) is 3.62. The monoisotopic (exact) mass is 429 g/mol. The van der Waals surface area contributed by atoms with E-state index in [0.29, 0.717) is 16.6 Å². The van der Waals surface area contributed by atoms with Crippen molar-refractivity contribution >= 4 is 33.9 Å². The molecule has 1 saturated carbocycles. The van der Waals surface area contributed by atoms with E-state index in [1.54, 1.807) is 22.8 Å². The normalized spacial score (nSPS) is 14.4. The minimum absolute atomic E-state index is 0.167. The zero-order valence-electron chi connectivity index (χ0n) is 17.7. The molecule has 4 N–H and O–H groups in total. The smallest absolute Gasteiger partial charge is 0.263 e.